The van der Waals surface area contributed by atoms with E-state index in [2.05, 4.69) is 10.9 Å². The zero-order valence-corrected chi connectivity index (χ0v) is 4.33. The van der Waals surface area contributed by atoms with E-state index in [0.717, 1.165) is 0 Å². The predicted octanol–water partition coefficient (Wildman–Crippen LogP) is 0.0169. The predicted molar refractivity (Wildman–Crippen MR) is 27.7 cm³/mol. The summed E-state index contributed by atoms with van der Waals surface area (Å²) in [5.74, 6) is 0. The molecule has 0 aromatic carbocycles. The van der Waals surface area contributed by atoms with Gasteiger partial charge >= 0.3 is 0 Å². The maximum absolute atomic E-state index is 3.21. The third-order valence-electron chi connectivity index (χ3n) is 2.09. The molecule has 1 saturated carbocycles. The van der Waals surface area contributed by atoms with Crippen molar-refractivity contribution >= 4 is 0 Å². The lowest BCUT2D eigenvalue weighted by atomic mass is 9.75. The molecule has 2 fully saturated rings. The van der Waals surface area contributed by atoms with E-state index >= 15 is 0 Å². The average Bonchev–Trinajstić information content (AvgIpc) is 1.20. The summed E-state index contributed by atoms with van der Waals surface area (Å²) in [4.78, 5) is 0. The van der Waals surface area contributed by atoms with Crippen LogP contribution in [0.5, 0.6) is 0 Å². The maximum atomic E-state index is 3.21. The molecular weight excluding hydrogens is 88.1 g/mol. The lowest BCUT2D eigenvalue weighted by Crippen LogP contribution is -2.72. The van der Waals surface area contributed by atoms with Crippen molar-refractivity contribution in [1.29, 1.82) is 0 Å². The van der Waals surface area contributed by atoms with Crippen LogP contribution >= 0.6 is 0 Å². The topological polar surface area (TPSA) is 24.1 Å². The monoisotopic (exact) mass is 98.1 g/mol. The van der Waals surface area contributed by atoms with Gasteiger partial charge in [0.1, 0.15) is 0 Å². The Morgan fingerprint density at radius 3 is 2.00 bits per heavy atom. The van der Waals surface area contributed by atoms with Crippen molar-refractivity contribution in [1.82, 2.24) is 10.9 Å². The van der Waals surface area contributed by atoms with Gasteiger partial charge in [0.15, 0.2) is 0 Å². The van der Waals surface area contributed by atoms with Crippen molar-refractivity contribution < 1.29 is 0 Å². The van der Waals surface area contributed by atoms with E-state index < -0.39 is 0 Å². The molecule has 0 bridgehead atoms. The zero-order chi connectivity index (χ0) is 4.74. The molecule has 40 valence electrons. The molecule has 2 aliphatic rings. The summed E-state index contributed by atoms with van der Waals surface area (Å²) in [6.07, 6.45) is 4.20. The van der Waals surface area contributed by atoms with Crippen LogP contribution in [0.1, 0.15) is 19.3 Å². The number of rotatable bonds is 0. The highest BCUT2D eigenvalue weighted by Gasteiger charge is 2.41. The first-order chi connectivity index (χ1) is 3.41. The molecule has 2 nitrogen and oxygen atoms in total. The fourth-order valence-electron chi connectivity index (χ4n) is 1.24. The van der Waals surface area contributed by atoms with Gasteiger partial charge in [0.25, 0.3) is 0 Å². The van der Waals surface area contributed by atoms with Gasteiger partial charge in [-0.3, -0.25) is 10.9 Å². The molecule has 1 saturated heterocycles. The van der Waals surface area contributed by atoms with Crippen molar-refractivity contribution in [3.8, 4) is 0 Å². The Bertz CT molecular complexity index is 66.6. The minimum Gasteiger partial charge on any atom is -0.255 e. The molecule has 0 amide bonds. The van der Waals surface area contributed by atoms with Crippen LogP contribution in [0, 0.1) is 0 Å². The molecule has 7 heavy (non-hydrogen) atoms. The fourth-order valence-corrected chi connectivity index (χ4v) is 1.24. The Hall–Kier alpha value is -0.0800. The Morgan fingerprint density at radius 1 is 1.29 bits per heavy atom. The van der Waals surface area contributed by atoms with E-state index in [4.69, 9.17) is 0 Å². The van der Waals surface area contributed by atoms with Crippen LogP contribution in [-0.2, 0) is 0 Å². The molecule has 1 heterocycles. The summed E-state index contributed by atoms with van der Waals surface area (Å²) in [6, 6.07) is 0. The summed E-state index contributed by atoms with van der Waals surface area (Å²) >= 11 is 0. The van der Waals surface area contributed by atoms with Gasteiger partial charge in [0.2, 0.25) is 0 Å². The van der Waals surface area contributed by atoms with Crippen LogP contribution in [0.15, 0.2) is 0 Å². The molecule has 1 aliphatic heterocycles. The second-order valence-electron chi connectivity index (χ2n) is 2.61. The minimum atomic E-state index is 0.583. The van der Waals surface area contributed by atoms with Crippen molar-refractivity contribution in [2.24, 2.45) is 0 Å². The summed E-state index contributed by atoms with van der Waals surface area (Å²) in [7, 11) is 0. The lowest BCUT2D eigenvalue weighted by Gasteiger charge is -2.50. The third-order valence-corrected chi connectivity index (χ3v) is 2.09. The van der Waals surface area contributed by atoms with Gasteiger partial charge in [-0.25, -0.2) is 0 Å². The Kier molecular flexibility index (Phi) is 0.557. The normalized spacial score (nSPS) is 34.3. The van der Waals surface area contributed by atoms with Crippen LogP contribution < -0.4 is 10.9 Å². The van der Waals surface area contributed by atoms with Crippen LogP contribution in [0.2, 0.25) is 0 Å². The first kappa shape index (κ1) is 3.87. The summed E-state index contributed by atoms with van der Waals surface area (Å²) in [6.45, 7) is 1.20. The molecule has 0 atom stereocenters. The van der Waals surface area contributed by atoms with Gasteiger partial charge in [0, 0.05) is 12.1 Å². The fraction of sp³-hybridized carbons (Fsp3) is 1.00. The summed E-state index contributed by atoms with van der Waals surface area (Å²) in [5, 5.41) is 0. The minimum absolute atomic E-state index is 0.583. The van der Waals surface area contributed by atoms with Gasteiger partial charge < -0.3 is 0 Å². The highest BCUT2D eigenvalue weighted by Crippen LogP contribution is 2.33. The Balaban J connectivity index is 2.00. The van der Waals surface area contributed by atoms with E-state index in [0.29, 0.717) is 5.54 Å². The van der Waals surface area contributed by atoms with Gasteiger partial charge in [0.05, 0.1) is 0 Å². The Morgan fingerprint density at radius 2 is 2.00 bits per heavy atom. The third kappa shape index (κ3) is 0.359. The van der Waals surface area contributed by atoms with Crippen molar-refractivity contribution in [3.63, 3.8) is 0 Å². The number of hydrogen-bond donors (Lipinski definition) is 2. The average molecular weight is 98.1 g/mol. The lowest BCUT2D eigenvalue weighted by molar-refractivity contribution is 0.0709. The molecule has 1 aliphatic carbocycles. The van der Waals surface area contributed by atoms with Crippen LogP contribution in [0.4, 0.5) is 0 Å². The van der Waals surface area contributed by atoms with Crippen LogP contribution in [0.3, 0.4) is 0 Å². The number of hydrazine groups is 1. The highest BCUT2D eigenvalue weighted by molar-refractivity contribution is 5.01. The molecular formula is C5H10N2. The summed E-state index contributed by atoms with van der Waals surface area (Å²) in [5.41, 5.74) is 6.85. The highest BCUT2D eigenvalue weighted by atomic mass is 15.5. The van der Waals surface area contributed by atoms with E-state index in [1.165, 1.54) is 25.8 Å². The number of nitrogens with one attached hydrogen (secondary N) is 2. The first-order valence-corrected chi connectivity index (χ1v) is 2.91. The molecule has 0 aromatic heterocycles. The van der Waals surface area contributed by atoms with Gasteiger partial charge in [-0.2, -0.15) is 0 Å². The Labute approximate surface area is 43.3 Å². The van der Waals surface area contributed by atoms with Crippen LogP contribution in [0.25, 0.3) is 0 Å². The van der Waals surface area contributed by atoms with Crippen molar-refractivity contribution in [2.45, 2.75) is 24.8 Å². The summed E-state index contributed by atoms with van der Waals surface area (Å²) < 4.78 is 0. The van der Waals surface area contributed by atoms with Gasteiger partial charge in [-0.05, 0) is 19.3 Å². The molecule has 0 aromatic rings. The zero-order valence-electron chi connectivity index (χ0n) is 4.33. The second kappa shape index (κ2) is 1.01. The quantitative estimate of drug-likeness (QED) is 0.446. The first-order valence-electron chi connectivity index (χ1n) is 2.91. The molecule has 0 unspecified atom stereocenters. The van der Waals surface area contributed by atoms with E-state index in [9.17, 15) is 0 Å². The maximum Gasteiger partial charge on any atom is 0.0461 e. The van der Waals surface area contributed by atoms with Gasteiger partial charge in [-0.1, -0.05) is 0 Å². The van der Waals surface area contributed by atoms with E-state index in [1.54, 1.807) is 0 Å². The second-order valence-corrected chi connectivity index (χ2v) is 2.61. The molecule has 1 spiro atoms. The van der Waals surface area contributed by atoms with Crippen molar-refractivity contribution in [2.75, 3.05) is 6.54 Å². The molecule has 2 N–H and O–H groups in total. The van der Waals surface area contributed by atoms with Gasteiger partial charge in [-0.15, -0.1) is 0 Å². The largest absolute Gasteiger partial charge is 0.255 e. The van der Waals surface area contributed by atoms with Crippen molar-refractivity contribution in [3.05, 3.63) is 0 Å². The molecule has 2 heteroatoms. The number of hydrogen-bond acceptors (Lipinski definition) is 2. The molecule has 0 radical (unpaired) electrons. The SMILES string of the molecule is C1CC2(C1)CNN2. The van der Waals surface area contributed by atoms with E-state index in [1.807, 2.05) is 0 Å². The molecule has 2 rings (SSSR count). The van der Waals surface area contributed by atoms with Crippen LogP contribution in [-0.4, -0.2) is 12.1 Å². The smallest absolute Gasteiger partial charge is 0.0461 e. The standard InChI is InChI=1S/C5H10N2/c1-2-5(3-1)4-6-7-5/h6-7H,1-4H2. The van der Waals surface area contributed by atoms with E-state index in [-0.39, 0.29) is 0 Å².